The molecule has 0 aliphatic carbocycles. The fourth-order valence-corrected chi connectivity index (χ4v) is 2.72. The van der Waals surface area contributed by atoms with Crippen LogP contribution in [-0.2, 0) is 4.84 Å². The zero-order chi connectivity index (χ0) is 19.2. The van der Waals surface area contributed by atoms with Crippen molar-refractivity contribution in [2.45, 2.75) is 9.79 Å². The topological polar surface area (TPSA) is 61.7 Å². The summed E-state index contributed by atoms with van der Waals surface area (Å²) in [5, 5.41) is 19.1. The van der Waals surface area contributed by atoms with Crippen LogP contribution in [0.3, 0.4) is 0 Å². The maximum absolute atomic E-state index is 9.56. The van der Waals surface area contributed by atoms with Gasteiger partial charge in [-0.05, 0) is 36.4 Å². The van der Waals surface area contributed by atoms with E-state index in [1.54, 1.807) is 42.8 Å². The van der Waals surface area contributed by atoms with Gasteiger partial charge in [0.25, 0.3) is 0 Å². The second-order valence-corrected chi connectivity index (χ2v) is 6.20. The molecule has 3 aromatic rings. The third-order valence-corrected chi connectivity index (χ3v) is 4.24. The second-order valence-electron chi connectivity index (χ2n) is 5.12. The van der Waals surface area contributed by atoms with E-state index in [1.165, 1.54) is 11.8 Å². The van der Waals surface area contributed by atoms with Gasteiger partial charge in [-0.25, -0.2) is 5.48 Å². The molecule has 0 spiro atoms. The number of hydrogen-bond acceptors (Lipinski definition) is 5. The van der Waals surface area contributed by atoms with Crippen LogP contribution in [0.1, 0.15) is 0 Å². The first-order chi connectivity index (χ1) is 13.3. The molecule has 0 saturated carbocycles. The zero-order valence-corrected chi connectivity index (χ0v) is 15.4. The smallest absolute Gasteiger partial charge is 0.129 e. The highest BCUT2D eigenvalue weighted by atomic mass is 32.2. The summed E-state index contributed by atoms with van der Waals surface area (Å²) < 4.78 is 0. The minimum absolute atomic E-state index is 0.228. The fraction of sp³-hybridized carbons (Fsp3) is 0. The van der Waals surface area contributed by atoms with Gasteiger partial charge < -0.3 is 15.1 Å². The Bertz CT molecular complexity index is 769. The van der Waals surface area contributed by atoms with Crippen molar-refractivity contribution in [3.8, 4) is 11.5 Å². The van der Waals surface area contributed by atoms with E-state index in [1.807, 2.05) is 66.7 Å². The number of rotatable bonds is 2. The van der Waals surface area contributed by atoms with Gasteiger partial charge in [0.1, 0.15) is 17.8 Å². The van der Waals surface area contributed by atoms with Gasteiger partial charge >= 0.3 is 0 Å². The normalized spacial score (nSPS) is 11.0. The van der Waals surface area contributed by atoms with Crippen LogP contribution in [0.4, 0.5) is 0 Å². The molecule has 1 heterocycles. The molecule has 1 aliphatic rings. The number of benzene rings is 3. The Hall–Kier alpha value is -3.31. The number of phenolic OH excluding ortho intramolecular Hbond substituents is 2. The van der Waals surface area contributed by atoms with Gasteiger partial charge in [-0.3, -0.25) is 0 Å². The summed E-state index contributed by atoms with van der Waals surface area (Å²) >= 11 is 1.34. The first-order valence-electron chi connectivity index (χ1n) is 8.24. The SMILES string of the molecule is C1=CNOC=C1.Oc1ccccc1Sc1ccccc1O.c1ccccc1. The molecule has 1 aliphatic heterocycles. The molecule has 0 unspecified atom stereocenters. The van der Waals surface area contributed by atoms with E-state index in [0.717, 1.165) is 9.79 Å². The van der Waals surface area contributed by atoms with E-state index in [-0.39, 0.29) is 11.5 Å². The van der Waals surface area contributed by atoms with Crippen LogP contribution in [0.25, 0.3) is 0 Å². The highest BCUT2D eigenvalue weighted by Crippen LogP contribution is 2.37. The lowest BCUT2D eigenvalue weighted by Crippen LogP contribution is -2.01. The quantitative estimate of drug-likeness (QED) is 0.550. The summed E-state index contributed by atoms with van der Waals surface area (Å²) in [6.45, 7) is 0. The Morgan fingerprint density at radius 2 is 1.11 bits per heavy atom. The predicted octanol–water partition coefficient (Wildman–Crippen LogP) is 5.48. The Morgan fingerprint density at radius 1 is 0.630 bits per heavy atom. The van der Waals surface area contributed by atoms with Crippen LogP contribution >= 0.6 is 11.8 Å². The number of hydroxylamine groups is 1. The molecule has 0 radical (unpaired) electrons. The first-order valence-corrected chi connectivity index (χ1v) is 9.06. The summed E-state index contributed by atoms with van der Waals surface area (Å²) in [5.41, 5.74) is 2.52. The number of hydrogen-bond donors (Lipinski definition) is 3. The van der Waals surface area contributed by atoms with E-state index in [4.69, 9.17) is 0 Å². The Morgan fingerprint density at radius 3 is 1.41 bits per heavy atom. The molecule has 0 bridgehead atoms. The van der Waals surface area contributed by atoms with Crippen molar-refractivity contribution in [2.75, 3.05) is 0 Å². The molecule has 0 saturated heterocycles. The third-order valence-electron chi connectivity index (χ3n) is 3.11. The van der Waals surface area contributed by atoms with Crippen molar-refractivity contribution in [2.24, 2.45) is 0 Å². The van der Waals surface area contributed by atoms with Gasteiger partial charge in [0.05, 0.1) is 9.79 Å². The van der Waals surface area contributed by atoms with Crippen molar-refractivity contribution in [3.63, 3.8) is 0 Å². The van der Waals surface area contributed by atoms with Gasteiger partial charge in [0.2, 0.25) is 0 Å². The Labute approximate surface area is 163 Å². The van der Waals surface area contributed by atoms with Crippen LogP contribution in [-0.4, -0.2) is 10.2 Å². The average Bonchev–Trinajstić information content (AvgIpc) is 2.75. The minimum atomic E-state index is 0.228. The summed E-state index contributed by atoms with van der Waals surface area (Å²) in [6.07, 6.45) is 6.93. The third kappa shape index (κ3) is 8.07. The van der Waals surface area contributed by atoms with E-state index >= 15 is 0 Å². The molecule has 3 aromatic carbocycles. The van der Waals surface area contributed by atoms with Crippen molar-refractivity contribution in [1.29, 1.82) is 0 Å². The molecule has 27 heavy (non-hydrogen) atoms. The second kappa shape index (κ2) is 12.1. The van der Waals surface area contributed by atoms with Crippen LogP contribution in [0.2, 0.25) is 0 Å². The van der Waals surface area contributed by atoms with E-state index < -0.39 is 0 Å². The predicted molar refractivity (Wildman–Crippen MR) is 109 cm³/mol. The monoisotopic (exact) mass is 379 g/mol. The number of aromatic hydroxyl groups is 2. The van der Waals surface area contributed by atoms with Crippen molar-refractivity contribution >= 4 is 11.8 Å². The standard InChI is InChI=1S/C12H10O2S.C6H6.C4H5NO/c13-9-5-1-3-7-11(9)15-12-8-4-2-6-10(12)14;2*1-2-4-6-5-3-1/h1-8,13-14H;1-6H;1-5H. The zero-order valence-electron chi connectivity index (χ0n) is 14.6. The first kappa shape index (κ1) is 20.0. The summed E-state index contributed by atoms with van der Waals surface area (Å²) in [6, 6.07) is 26.1. The maximum atomic E-state index is 9.56. The number of phenols is 2. The van der Waals surface area contributed by atoms with E-state index in [0.29, 0.717) is 0 Å². The summed E-state index contributed by atoms with van der Waals surface area (Å²) in [4.78, 5) is 6.02. The van der Waals surface area contributed by atoms with Crippen molar-refractivity contribution in [3.05, 3.63) is 110 Å². The van der Waals surface area contributed by atoms with E-state index in [2.05, 4.69) is 10.3 Å². The summed E-state index contributed by atoms with van der Waals surface area (Å²) in [5.74, 6) is 0.455. The van der Waals surface area contributed by atoms with Gasteiger partial charge in [-0.1, -0.05) is 72.4 Å². The highest BCUT2D eigenvalue weighted by molar-refractivity contribution is 7.99. The molecule has 5 heteroatoms. The lowest BCUT2D eigenvalue weighted by atomic mass is 10.3. The molecule has 0 fully saturated rings. The van der Waals surface area contributed by atoms with Crippen molar-refractivity contribution < 1.29 is 15.1 Å². The van der Waals surface area contributed by atoms with Gasteiger partial charge in [-0.2, -0.15) is 0 Å². The lowest BCUT2D eigenvalue weighted by molar-refractivity contribution is 0.172. The Kier molecular flexibility index (Phi) is 8.97. The fourth-order valence-electron chi connectivity index (χ4n) is 1.85. The minimum Gasteiger partial charge on any atom is -0.507 e. The van der Waals surface area contributed by atoms with Gasteiger partial charge in [-0.15, -0.1) is 0 Å². The van der Waals surface area contributed by atoms with E-state index in [9.17, 15) is 10.2 Å². The number of para-hydroxylation sites is 2. The largest absolute Gasteiger partial charge is 0.507 e. The molecular weight excluding hydrogens is 358 g/mol. The molecule has 4 nitrogen and oxygen atoms in total. The lowest BCUT2D eigenvalue weighted by Gasteiger charge is -2.05. The molecule has 0 atom stereocenters. The summed E-state index contributed by atoms with van der Waals surface area (Å²) in [7, 11) is 0. The highest BCUT2D eigenvalue weighted by Gasteiger charge is 2.05. The maximum Gasteiger partial charge on any atom is 0.129 e. The molecular formula is C22H21NO3S. The molecule has 0 aromatic heterocycles. The van der Waals surface area contributed by atoms with Gasteiger partial charge in [0.15, 0.2) is 0 Å². The van der Waals surface area contributed by atoms with Crippen molar-refractivity contribution in [1.82, 2.24) is 5.48 Å². The molecule has 138 valence electrons. The molecule has 0 amide bonds. The Balaban J connectivity index is 0.000000178. The van der Waals surface area contributed by atoms with Crippen LogP contribution in [0.15, 0.2) is 119 Å². The van der Waals surface area contributed by atoms with Crippen LogP contribution < -0.4 is 5.48 Å². The number of allylic oxidation sites excluding steroid dienone is 2. The van der Waals surface area contributed by atoms with Crippen LogP contribution in [0, 0.1) is 0 Å². The molecule has 3 N–H and O–H groups in total. The van der Waals surface area contributed by atoms with Crippen LogP contribution in [0.5, 0.6) is 11.5 Å². The number of nitrogens with one attached hydrogen (secondary N) is 1. The van der Waals surface area contributed by atoms with Gasteiger partial charge in [0, 0.05) is 6.20 Å². The average molecular weight is 379 g/mol. The molecule has 4 rings (SSSR count).